The van der Waals surface area contributed by atoms with Crippen LogP contribution in [0.4, 0.5) is 0 Å². The van der Waals surface area contributed by atoms with E-state index in [1.165, 1.54) is 0 Å². The predicted octanol–water partition coefficient (Wildman–Crippen LogP) is 5.68. The van der Waals surface area contributed by atoms with Crippen molar-refractivity contribution in [1.82, 2.24) is 4.90 Å². The lowest BCUT2D eigenvalue weighted by molar-refractivity contribution is -0.0642. The van der Waals surface area contributed by atoms with Crippen molar-refractivity contribution in [2.45, 2.75) is 19.1 Å². The van der Waals surface area contributed by atoms with Crippen LogP contribution in [0.5, 0.6) is 5.75 Å². The number of benzene rings is 1. The SMILES string of the molecule is CCC(Oc1ccc(Cl)c(Cl)c1)(c1cccs1)N(C)C.Cl. The minimum atomic E-state index is -0.495. The summed E-state index contributed by atoms with van der Waals surface area (Å²) in [4.78, 5) is 3.25. The Kier molecular flexibility index (Phi) is 6.82. The normalized spacial score (nSPS) is 13.6. The Morgan fingerprint density at radius 3 is 2.38 bits per heavy atom. The Morgan fingerprint density at radius 1 is 1.19 bits per heavy atom. The molecule has 1 aromatic heterocycles. The van der Waals surface area contributed by atoms with Crippen LogP contribution in [0.3, 0.4) is 0 Å². The second kappa shape index (κ2) is 7.70. The number of ether oxygens (including phenoxy) is 1. The molecule has 0 radical (unpaired) electrons. The van der Waals surface area contributed by atoms with Gasteiger partial charge in [-0.1, -0.05) is 36.2 Å². The van der Waals surface area contributed by atoms with Crippen LogP contribution in [0.15, 0.2) is 35.7 Å². The topological polar surface area (TPSA) is 12.5 Å². The molecule has 0 saturated carbocycles. The molecule has 0 amide bonds. The zero-order valence-electron chi connectivity index (χ0n) is 12.1. The van der Waals surface area contributed by atoms with Gasteiger partial charge in [0.2, 0.25) is 0 Å². The molecule has 0 saturated heterocycles. The highest BCUT2D eigenvalue weighted by atomic mass is 35.5. The maximum atomic E-state index is 6.29. The van der Waals surface area contributed by atoms with Crippen molar-refractivity contribution in [3.05, 3.63) is 50.6 Å². The number of hydrogen-bond donors (Lipinski definition) is 0. The average molecular weight is 367 g/mol. The average Bonchev–Trinajstić information content (AvgIpc) is 2.94. The number of thiophene rings is 1. The van der Waals surface area contributed by atoms with E-state index in [0.717, 1.165) is 11.3 Å². The van der Waals surface area contributed by atoms with E-state index in [9.17, 15) is 0 Å². The number of hydrogen-bond acceptors (Lipinski definition) is 3. The van der Waals surface area contributed by atoms with E-state index in [2.05, 4.69) is 23.3 Å². The van der Waals surface area contributed by atoms with Crippen molar-refractivity contribution in [2.75, 3.05) is 14.1 Å². The van der Waals surface area contributed by atoms with Crippen LogP contribution >= 0.6 is 46.9 Å². The van der Waals surface area contributed by atoms with E-state index >= 15 is 0 Å². The van der Waals surface area contributed by atoms with Crippen molar-refractivity contribution in [2.24, 2.45) is 0 Å². The molecule has 2 aromatic rings. The van der Waals surface area contributed by atoms with Crippen LogP contribution in [0.25, 0.3) is 0 Å². The van der Waals surface area contributed by atoms with Gasteiger partial charge < -0.3 is 4.74 Å². The molecule has 0 bridgehead atoms. The van der Waals surface area contributed by atoms with E-state index in [-0.39, 0.29) is 12.4 Å². The van der Waals surface area contributed by atoms with Crippen molar-refractivity contribution >= 4 is 46.9 Å². The molecule has 21 heavy (non-hydrogen) atoms. The summed E-state index contributed by atoms with van der Waals surface area (Å²) >= 11 is 13.7. The van der Waals surface area contributed by atoms with Gasteiger partial charge in [0.15, 0.2) is 5.72 Å². The van der Waals surface area contributed by atoms with E-state index in [1.54, 1.807) is 23.5 Å². The minimum absolute atomic E-state index is 0. The lowest BCUT2D eigenvalue weighted by Crippen LogP contribution is -2.45. The molecule has 2 nitrogen and oxygen atoms in total. The largest absolute Gasteiger partial charge is 0.467 e. The Morgan fingerprint density at radius 2 is 1.90 bits per heavy atom. The fourth-order valence-electron chi connectivity index (χ4n) is 2.16. The minimum Gasteiger partial charge on any atom is -0.467 e. The van der Waals surface area contributed by atoms with E-state index in [1.807, 2.05) is 26.2 Å². The van der Waals surface area contributed by atoms with Gasteiger partial charge in [0.05, 0.1) is 14.9 Å². The van der Waals surface area contributed by atoms with Gasteiger partial charge in [0.25, 0.3) is 0 Å². The summed E-state index contributed by atoms with van der Waals surface area (Å²) in [5, 5.41) is 3.09. The van der Waals surface area contributed by atoms with Gasteiger partial charge in [0.1, 0.15) is 5.75 Å². The Balaban J connectivity index is 0.00000220. The first-order valence-electron chi connectivity index (χ1n) is 6.35. The first-order chi connectivity index (χ1) is 9.49. The number of rotatable bonds is 5. The highest BCUT2D eigenvalue weighted by Crippen LogP contribution is 2.37. The van der Waals surface area contributed by atoms with Gasteiger partial charge in [-0.25, -0.2) is 0 Å². The summed E-state index contributed by atoms with van der Waals surface area (Å²) < 4.78 is 6.29. The van der Waals surface area contributed by atoms with Crippen LogP contribution < -0.4 is 4.74 Å². The summed E-state index contributed by atoms with van der Waals surface area (Å²) in [6.45, 7) is 2.11. The molecule has 1 unspecified atom stereocenters. The van der Waals surface area contributed by atoms with E-state index in [0.29, 0.717) is 15.8 Å². The second-order valence-corrected chi connectivity index (χ2v) is 6.45. The van der Waals surface area contributed by atoms with Gasteiger partial charge in [-0.15, -0.1) is 23.7 Å². The quantitative estimate of drug-likeness (QED) is 0.631. The first-order valence-corrected chi connectivity index (χ1v) is 7.98. The van der Waals surface area contributed by atoms with Gasteiger partial charge in [0, 0.05) is 12.5 Å². The summed E-state index contributed by atoms with van der Waals surface area (Å²) in [6.07, 6.45) is 0.820. The molecule has 0 aliphatic rings. The molecule has 116 valence electrons. The molecular formula is C15H18Cl3NOS. The van der Waals surface area contributed by atoms with E-state index in [4.69, 9.17) is 27.9 Å². The maximum absolute atomic E-state index is 6.29. The number of nitrogens with zero attached hydrogens (tertiary/aromatic N) is 1. The highest BCUT2D eigenvalue weighted by Gasteiger charge is 2.36. The van der Waals surface area contributed by atoms with Crippen LogP contribution in [-0.4, -0.2) is 19.0 Å². The summed E-state index contributed by atoms with van der Waals surface area (Å²) in [6, 6.07) is 9.47. The summed E-state index contributed by atoms with van der Waals surface area (Å²) in [5.41, 5.74) is -0.495. The Hall–Kier alpha value is -0.450. The molecule has 1 atom stereocenters. The van der Waals surface area contributed by atoms with Crippen molar-refractivity contribution in [1.29, 1.82) is 0 Å². The monoisotopic (exact) mass is 365 g/mol. The third-order valence-corrected chi connectivity index (χ3v) is 5.03. The smallest absolute Gasteiger partial charge is 0.198 e. The lowest BCUT2D eigenvalue weighted by atomic mass is 10.1. The van der Waals surface area contributed by atoms with E-state index < -0.39 is 5.72 Å². The molecular weight excluding hydrogens is 349 g/mol. The summed E-state index contributed by atoms with van der Waals surface area (Å²) in [5.74, 6) is 0.711. The molecule has 0 N–H and O–H groups in total. The Bertz CT molecular complexity index is 574. The molecule has 6 heteroatoms. The van der Waals surface area contributed by atoms with Crippen molar-refractivity contribution < 1.29 is 4.74 Å². The van der Waals surface area contributed by atoms with Crippen LogP contribution in [0, 0.1) is 0 Å². The van der Waals surface area contributed by atoms with Crippen LogP contribution in [-0.2, 0) is 5.72 Å². The zero-order valence-corrected chi connectivity index (χ0v) is 15.2. The molecule has 0 fully saturated rings. The fraction of sp³-hybridized carbons (Fsp3) is 0.333. The van der Waals surface area contributed by atoms with Crippen molar-refractivity contribution in [3.63, 3.8) is 0 Å². The van der Waals surface area contributed by atoms with Crippen LogP contribution in [0.2, 0.25) is 10.0 Å². The molecule has 0 spiro atoms. The third-order valence-electron chi connectivity index (χ3n) is 3.29. The fourth-order valence-corrected chi connectivity index (χ4v) is 3.46. The van der Waals surface area contributed by atoms with Gasteiger partial charge in [-0.05, 0) is 37.7 Å². The Labute approximate surface area is 146 Å². The summed E-state index contributed by atoms with van der Waals surface area (Å²) in [7, 11) is 4.03. The maximum Gasteiger partial charge on any atom is 0.198 e. The van der Waals surface area contributed by atoms with Crippen molar-refractivity contribution in [3.8, 4) is 5.75 Å². The molecule has 0 aliphatic heterocycles. The molecule has 1 aromatic carbocycles. The second-order valence-electron chi connectivity index (χ2n) is 4.69. The highest BCUT2D eigenvalue weighted by molar-refractivity contribution is 7.10. The first kappa shape index (κ1) is 18.6. The van der Waals surface area contributed by atoms with Gasteiger partial charge in [-0.2, -0.15) is 0 Å². The lowest BCUT2D eigenvalue weighted by Gasteiger charge is -2.38. The van der Waals surface area contributed by atoms with Gasteiger partial charge >= 0.3 is 0 Å². The molecule has 1 heterocycles. The number of halogens is 3. The predicted molar refractivity (Wildman–Crippen MR) is 94.3 cm³/mol. The molecule has 0 aliphatic carbocycles. The van der Waals surface area contributed by atoms with Crippen LogP contribution in [0.1, 0.15) is 18.2 Å². The van der Waals surface area contributed by atoms with Gasteiger partial charge in [-0.3, -0.25) is 4.90 Å². The third kappa shape index (κ3) is 3.85. The molecule has 2 rings (SSSR count). The standard InChI is InChI=1S/C15H17Cl2NOS.ClH/c1-4-15(18(2)3,14-6-5-9-20-14)19-11-7-8-12(16)13(17)10-11;/h5-10H,4H2,1-3H3;1H. The zero-order chi connectivity index (χ0) is 14.8.